The molecule has 0 saturated carbocycles. The zero-order valence-corrected chi connectivity index (χ0v) is 10.8. The van der Waals surface area contributed by atoms with Gasteiger partial charge in [-0.25, -0.2) is 0 Å². The van der Waals surface area contributed by atoms with Crippen LogP contribution in [0, 0.1) is 6.92 Å². The quantitative estimate of drug-likeness (QED) is 0.900. The highest BCUT2D eigenvalue weighted by atomic mass is 35.5. The van der Waals surface area contributed by atoms with E-state index in [1.807, 2.05) is 25.1 Å². The Labute approximate surface area is 110 Å². The number of halogens is 2. The fourth-order valence-electron chi connectivity index (χ4n) is 1.54. The predicted molar refractivity (Wildman–Crippen MR) is 71.5 cm³/mol. The molecule has 0 amide bonds. The molecule has 2 rings (SSSR count). The van der Waals surface area contributed by atoms with E-state index in [0.29, 0.717) is 10.0 Å². The van der Waals surface area contributed by atoms with E-state index >= 15 is 0 Å². The molecule has 0 fully saturated rings. The Bertz CT molecular complexity index is 523. The van der Waals surface area contributed by atoms with Gasteiger partial charge >= 0.3 is 0 Å². The van der Waals surface area contributed by atoms with Crippen LogP contribution in [0.5, 0.6) is 0 Å². The largest absolute Gasteiger partial charge is 0.319 e. The Morgan fingerprint density at radius 3 is 2.47 bits per heavy atom. The number of nitrogens with two attached hydrogens (primary N) is 1. The molecule has 2 nitrogen and oxygen atoms in total. The molecule has 0 saturated heterocycles. The molecular weight excluding hydrogens is 255 g/mol. The van der Waals surface area contributed by atoms with Gasteiger partial charge in [-0.3, -0.25) is 4.98 Å². The summed E-state index contributed by atoms with van der Waals surface area (Å²) in [6.45, 7) is 1.99. The number of rotatable bonds is 2. The van der Waals surface area contributed by atoms with E-state index in [4.69, 9.17) is 28.9 Å². The highest BCUT2D eigenvalue weighted by Crippen LogP contribution is 2.26. The Hall–Kier alpha value is -1.09. The van der Waals surface area contributed by atoms with Crippen LogP contribution in [0.15, 0.2) is 36.5 Å². The lowest BCUT2D eigenvalue weighted by Crippen LogP contribution is -2.13. The van der Waals surface area contributed by atoms with Gasteiger partial charge < -0.3 is 5.73 Å². The first-order valence-corrected chi connectivity index (χ1v) is 5.96. The lowest BCUT2D eigenvalue weighted by molar-refractivity contribution is 0.827. The predicted octanol–water partition coefficient (Wildman–Crippen LogP) is 3.74. The Kier molecular flexibility index (Phi) is 3.67. The van der Waals surface area contributed by atoms with Crippen LogP contribution in [0.1, 0.15) is 22.9 Å². The van der Waals surface area contributed by atoms with Crippen LogP contribution in [0.2, 0.25) is 10.0 Å². The van der Waals surface area contributed by atoms with Crippen LogP contribution < -0.4 is 5.73 Å². The molecule has 0 bridgehead atoms. The first kappa shape index (κ1) is 12.4. The number of aromatic nitrogens is 1. The van der Waals surface area contributed by atoms with Gasteiger partial charge in [-0.05, 0) is 36.2 Å². The summed E-state index contributed by atoms with van der Waals surface area (Å²) in [4.78, 5) is 4.31. The molecule has 1 unspecified atom stereocenters. The second kappa shape index (κ2) is 5.05. The van der Waals surface area contributed by atoms with Crippen molar-refractivity contribution in [3.63, 3.8) is 0 Å². The van der Waals surface area contributed by atoms with Crippen LogP contribution in [-0.4, -0.2) is 4.98 Å². The minimum Gasteiger partial charge on any atom is -0.319 e. The summed E-state index contributed by atoms with van der Waals surface area (Å²) in [6, 6.07) is 9.00. The fourth-order valence-corrected chi connectivity index (χ4v) is 1.85. The maximum atomic E-state index is 6.12. The second-order valence-electron chi connectivity index (χ2n) is 3.91. The van der Waals surface area contributed by atoms with Crippen molar-refractivity contribution < 1.29 is 0 Å². The van der Waals surface area contributed by atoms with Crippen molar-refractivity contribution in [2.75, 3.05) is 0 Å². The van der Waals surface area contributed by atoms with Crippen molar-refractivity contribution in [1.29, 1.82) is 0 Å². The number of aryl methyl sites for hydroxylation is 1. The van der Waals surface area contributed by atoms with E-state index in [0.717, 1.165) is 16.8 Å². The van der Waals surface area contributed by atoms with Gasteiger partial charge in [-0.2, -0.15) is 0 Å². The van der Waals surface area contributed by atoms with E-state index < -0.39 is 0 Å². The number of benzene rings is 1. The SMILES string of the molecule is Cc1ccc(C(N)c2ccc(Cl)c(Cl)c2)nc1. The average Bonchev–Trinajstić information content (AvgIpc) is 2.33. The van der Waals surface area contributed by atoms with Gasteiger partial charge in [0.25, 0.3) is 0 Å². The third-order valence-corrected chi connectivity index (χ3v) is 3.29. The summed E-state index contributed by atoms with van der Waals surface area (Å²) < 4.78 is 0. The summed E-state index contributed by atoms with van der Waals surface area (Å²) in [5.74, 6) is 0. The molecule has 0 spiro atoms. The van der Waals surface area contributed by atoms with Gasteiger partial charge in [0.05, 0.1) is 21.8 Å². The van der Waals surface area contributed by atoms with Gasteiger partial charge in [0, 0.05) is 6.20 Å². The molecule has 17 heavy (non-hydrogen) atoms. The molecule has 0 aliphatic carbocycles. The van der Waals surface area contributed by atoms with Crippen molar-refractivity contribution in [2.45, 2.75) is 13.0 Å². The molecule has 2 N–H and O–H groups in total. The number of nitrogens with zero attached hydrogens (tertiary/aromatic N) is 1. The van der Waals surface area contributed by atoms with Crippen molar-refractivity contribution >= 4 is 23.2 Å². The van der Waals surface area contributed by atoms with Crippen LogP contribution >= 0.6 is 23.2 Å². The Balaban J connectivity index is 2.33. The maximum absolute atomic E-state index is 6.12. The maximum Gasteiger partial charge on any atom is 0.0726 e. The zero-order chi connectivity index (χ0) is 12.4. The first-order valence-electron chi connectivity index (χ1n) is 5.21. The number of pyridine rings is 1. The molecule has 4 heteroatoms. The molecule has 2 aromatic rings. The minimum atomic E-state index is -0.287. The van der Waals surface area contributed by atoms with Crippen LogP contribution in [0.4, 0.5) is 0 Å². The van der Waals surface area contributed by atoms with Gasteiger partial charge in [0.15, 0.2) is 0 Å². The summed E-state index contributed by atoms with van der Waals surface area (Å²) >= 11 is 11.8. The molecule has 1 atom stereocenters. The molecule has 0 radical (unpaired) electrons. The van der Waals surface area contributed by atoms with Gasteiger partial charge in [0.1, 0.15) is 0 Å². The zero-order valence-electron chi connectivity index (χ0n) is 9.32. The summed E-state index contributed by atoms with van der Waals surface area (Å²) in [7, 11) is 0. The smallest absolute Gasteiger partial charge is 0.0726 e. The van der Waals surface area contributed by atoms with Crippen molar-refractivity contribution in [2.24, 2.45) is 5.73 Å². The van der Waals surface area contributed by atoms with Gasteiger partial charge in [-0.1, -0.05) is 35.3 Å². The molecule has 1 heterocycles. The second-order valence-corrected chi connectivity index (χ2v) is 4.73. The van der Waals surface area contributed by atoms with E-state index in [1.165, 1.54) is 0 Å². The minimum absolute atomic E-state index is 0.287. The van der Waals surface area contributed by atoms with Crippen molar-refractivity contribution in [3.05, 3.63) is 63.4 Å². The summed E-state index contributed by atoms with van der Waals surface area (Å²) in [5.41, 5.74) is 8.94. The van der Waals surface area contributed by atoms with Crippen LogP contribution in [-0.2, 0) is 0 Å². The molecule has 0 aliphatic rings. The first-order chi connectivity index (χ1) is 8.08. The fraction of sp³-hybridized carbons (Fsp3) is 0.154. The lowest BCUT2D eigenvalue weighted by Gasteiger charge is -2.12. The summed E-state index contributed by atoms with van der Waals surface area (Å²) in [6.07, 6.45) is 1.80. The highest BCUT2D eigenvalue weighted by Gasteiger charge is 2.11. The Morgan fingerprint density at radius 1 is 1.12 bits per heavy atom. The van der Waals surface area contributed by atoms with E-state index in [2.05, 4.69) is 4.98 Å². The third kappa shape index (κ3) is 2.78. The monoisotopic (exact) mass is 266 g/mol. The van der Waals surface area contributed by atoms with Gasteiger partial charge in [0.2, 0.25) is 0 Å². The normalized spacial score (nSPS) is 12.5. The number of hydrogen-bond donors (Lipinski definition) is 1. The third-order valence-electron chi connectivity index (χ3n) is 2.56. The van der Waals surface area contributed by atoms with Crippen molar-refractivity contribution in [1.82, 2.24) is 4.98 Å². The number of hydrogen-bond acceptors (Lipinski definition) is 2. The highest BCUT2D eigenvalue weighted by molar-refractivity contribution is 6.42. The average molecular weight is 267 g/mol. The van der Waals surface area contributed by atoms with Crippen LogP contribution in [0.25, 0.3) is 0 Å². The molecular formula is C13H12Cl2N2. The standard InChI is InChI=1S/C13H12Cl2N2/c1-8-2-5-12(17-7-8)13(16)9-3-4-10(14)11(15)6-9/h2-7,13H,16H2,1H3. The topological polar surface area (TPSA) is 38.9 Å². The van der Waals surface area contributed by atoms with Crippen LogP contribution in [0.3, 0.4) is 0 Å². The van der Waals surface area contributed by atoms with E-state index in [1.54, 1.807) is 18.3 Å². The molecule has 0 aliphatic heterocycles. The Morgan fingerprint density at radius 2 is 1.88 bits per heavy atom. The lowest BCUT2D eigenvalue weighted by atomic mass is 10.0. The molecule has 1 aromatic carbocycles. The van der Waals surface area contributed by atoms with E-state index in [-0.39, 0.29) is 6.04 Å². The van der Waals surface area contributed by atoms with Gasteiger partial charge in [-0.15, -0.1) is 0 Å². The van der Waals surface area contributed by atoms with Crippen molar-refractivity contribution in [3.8, 4) is 0 Å². The molecule has 88 valence electrons. The summed E-state index contributed by atoms with van der Waals surface area (Å²) in [5, 5.41) is 1.03. The van der Waals surface area contributed by atoms with E-state index in [9.17, 15) is 0 Å². The molecule has 1 aromatic heterocycles.